The lowest BCUT2D eigenvalue weighted by Gasteiger charge is -2.25. The van der Waals surface area contributed by atoms with Crippen LogP contribution in [0.2, 0.25) is 0 Å². The molecular weight excluding hydrogens is 440 g/mol. The molecule has 6 heteroatoms. The average molecular weight is 477 g/mol. The van der Waals surface area contributed by atoms with E-state index >= 15 is 0 Å². The van der Waals surface area contributed by atoms with Crippen LogP contribution in [0.1, 0.15) is 53.8 Å². The Morgan fingerprint density at radius 3 is 2.44 bits per heavy atom. The summed E-state index contributed by atoms with van der Waals surface area (Å²) in [5, 5.41) is 4.63. The molecule has 1 aromatic heterocycles. The Morgan fingerprint density at radius 1 is 0.912 bits per heavy atom. The molecule has 2 fully saturated rings. The Balaban J connectivity index is 1.28. The molecule has 3 heterocycles. The molecule has 34 heavy (non-hydrogen) atoms. The maximum Gasteiger partial charge on any atom is 0.183 e. The van der Waals surface area contributed by atoms with Crippen LogP contribution in [0.5, 0.6) is 5.75 Å². The highest BCUT2D eigenvalue weighted by Crippen LogP contribution is 2.29. The van der Waals surface area contributed by atoms with Gasteiger partial charge in [-0.1, -0.05) is 30.7 Å². The zero-order valence-corrected chi connectivity index (χ0v) is 21.1. The Hall–Kier alpha value is -2.57. The summed E-state index contributed by atoms with van der Waals surface area (Å²) in [6.45, 7) is 6.49. The van der Waals surface area contributed by atoms with E-state index in [-0.39, 0.29) is 0 Å². The molecule has 0 atom stereocenters. The molecule has 1 N–H and O–H groups in total. The molecule has 2 aliphatic rings. The van der Waals surface area contributed by atoms with Crippen LogP contribution in [-0.2, 0) is 19.5 Å². The summed E-state index contributed by atoms with van der Waals surface area (Å²) < 4.78 is 5.44. The van der Waals surface area contributed by atoms with E-state index in [4.69, 9.17) is 9.72 Å². The SMILES string of the molecule is COc1cccc(Cc2sc(NCc3ccc(N4CCCC4)cc3)nc2CN2CCCCC2)c1. The first kappa shape index (κ1) is 23.2. The Morgan fingerprint density at radius 2 is 1.68 bits per heavy atom. The third-order valence-electron chi connectivity index (χ3n) is 6.95. The van der Waals surface area contributed by atoms with Crippen LogP contribution in [0.15, 0.2) is 48.5 Å². The van der Waals surface area contributed by atoms with Crippen molar-refractivity contribution < 1.29 is 4.74 Å². The molecule has 2 saturated heterocycles. The molecule has 0 saturated carbocycles. The van der Waals surface area contributed by atoms with Gasteiger partial charge < -0.3 is 15.0 Å². The summed E-state index contributed by atoms with van der Waals surface area (Å²) in [4.78, 5) is 11.5. The second-order valence-corrected chi connectivity index (χ2v) is 10.6. The van der Waals surface area contributed by atoms with Crippen LogP contribution >= 0.6 is 11.3 Å². The van der Waals surface area contributed by atoms with Crippen molar-refractivity contribution in [2.45, 2.75) is 51.6 Å². The normalized spacial score (nSPS) is 16.7. The van der Waals surface area contributed by atoms with E-state index in [0.717, 1.165) is 30.4 Å². The van der Waals surface area contributed by atoms with Gasteiger partial charge in [-0.2, -0.15) is 0 Å². The molecule has 5 rings (SSSR count). The summed E-state index contributed by atoms with van der Waals surface area (Å²) in [7, 11) is 1.73. The van der Waals surface area contributed by atoms with E-state index in [1.54, 1.807) is 18.4 Å². The smallest absolute Gasteiger partial charge is 0.183 e. The number of rotatable bonds is 9. The van der Waals surface area contributed by atoms with Gasteiger partial charge in [0.05, 0.1) is 12.8 Å². The molecule has 3 aromatic rings. The van der Waals surface area contributed by atoms with Crippen LogP contribution in [0.3, 0.4) is 0 Å². The lowest BCUT2D eigenvalue weighted by Crippen LogP contribution is -2.29. The third kappa shape index (κ3) is 5.91. The van der Waals surface area contributed by atoms with Gasteiger partial charge in [0.15, 0.2) is 5.13 Å². The fourth-order valence-electron chi connectivity index (χ4n) is 5.00. The number of hydrogen-bond acceptors (Lipinski definition) is 6. The predicted molar refractivity (Wildman–Crippen MR) is 142 cm³/mol. The van der Waals surface area contributed by atoms with Gasteiger partial charge in [-0.25, -0.2) is 4.98 Å². The molecule has 0 amide bonds. The Bertz CT molecular complexity index is 1050. The molecule has 2 aromatic carbocycles. The van der Waals surface area contributed by atoms with E-state index in [2.05, 4.69) is 57.6 Å². The first-order valence-electron chi connectivity index (χ1n) is 12.7. The zero-order chi connectivity index (χ0) is 23.2. The van der Waals surface area contributed by atoms with Crippen molar-refractivity contribution in [3.63, 3.8) is 0 Å². The number of thiazole rings is 1. The van der Waals surface area contributed by atoms with Gasteiger partial charge in [0, 0.05) is 43.2 Å². The number of likely N-dealkylation sites (tertiary alicyclic amines) is 1. The number of piperidine rings is 1. The number of methoxy groups -OCH3 is 1. The molecule has 0 spiro atoms. The van der Waals surface area contributed by atoms with Gasteiger partial charge in [0.1, 0.15) is 5.75 Å². The van der Waals surface area contributed by atoms with E-state index in [1.807, 2.05) is 6.07 Å². The molecule has 0 bridgehead atoms. The fourth-order valence-corrected chi connectivity index (χ4v) is 6.00. The monoisotopic (exact) mass is 476 g/mol. The fraction of sp³-hybridized carbons (Fsp3) is 0.464. The standard InChI is InChI=1S/C28H36N4OS/c1-33-25-9-7-8-23(18-25)19-27-26(21-31-14-3-2-4-15-31)30-28(34-27)29-20-22-10-12-24(13-11-22)32-16-5-6-17-32/h7-13,18H,2-6,14-17,19-21H2,1H3,(H,29,30). The van der Waals surface area contributed by atoms with Crippen molar-refractivity contribution in [2.24, 2.45) is 0 Å². The van der Waals surface area contributed by atoms with E-state index in [1.165, 1.54) is 85.7 Å². The van der Waals surface area contributed by atoms with Gasteiger partial charge in [-0.05, 0) is 74.2 Å². The van der Waals surface area contributed by atoms with E-state index < -0.39 is 0 Å². The number of benzene rings is 2. The van der Waals surface area contributed by atoms with Gasteiger partial charge in [0.2, 0.25) is 0 Å². The minimum Gasteiger partial charge on any atom is -0.497 e. The highest BCUT2D eigenvalue weighted by atomic mass is 32.1. The van der Waals surface area contributed by atoms with Gasteiger partial charge in [-0.3, -0.25) is 4.90 Å². The van der Waals surface area contributed by atoms with Crippen molar-refractivity contribution in [2.75, 3.05) is 43.5 Å². The number of ether oxygens (including phenoxy) is 1. The summed E-state index contributed by atoms with van der Waals surface area (Å²) in [6.07, 6.45) is 7.47. The number of aromatic nitrogens is 1. The number of hydrogen-bond donors (Lipinski definition) is 1. The van der Waals surface area contributed by atoms with E-state index in [0.29, 0.717) is 0 Å². The second-order valence-electron chi connectivity index (χ2n) is 9.47. The second kappa shape index (κ2) is 11.2. The lowest BCUT2D eigenvalue weighted by atomic mass is 10.1. The topological polar surface area (TPSA) is 40.6 Å². The molecule has 0 aliphatic carbocycles. The number of nitrogens with zero attached hydrogens (tertiary/aromatic N) is 3. The minimum atomic E-state index is 0.801. The average Bonchev–Trinajstić information content (AvgIpc) is 3.55. The molecule has 0 unspecified atom stereocenters. The zero-order valence-electron chi connectivity index (χ0n) is 20.3. The first-order chi connectivity index (χ1) is 16.8. The maximum absolute atomic E-state index is 5.44. The lowest BCUT2D eigenvalue weighted by molar-refractivity contribution is 0.218. The van der Waals surface area contributed by atoms with Crippen molar-refractivity contribution in [3.8, 4) is 5.75 Å². The molecule has 5 nitrogen and oxygen atoms in total. The van der Waals surface area contributed by atoms with Crippen LogP contribution in [-0.4, -0.2) is 43.2 Å². The predicted octanol–water partition coefficient (Wildman–Crippen LogP) is 5.94. The van der Waals surface area contributed by atoms with Gasteiger partial charge in [-0.15, -0.1) is 11.3 Å². The quantitative estimate of drug-likeness (QED) is 0.414. The Labute approximate surface area is 207 Å². The van der Waals surface area contributed by atoms with Crippen LogP contribution in [0.4, 0.5) is 10.8 Å². The van der Waals surface area contributed by atoms with Gasteiger partial charge in [0.25, 0.3) is 0 Å². The molecular formula is C28H36N4OS. The Kier molecular flexibility index (Phi) is 7.66. The van der Waals surface area contributed by atoms with Crippen LogP contribution in [0.25, 0.3) is 0 Å². The summed E-state index contributed by atoms with van der Waals surface area (Å²) in [5.74, 6) is 0.912. The molecule has 0 radical (unpaired) electrons. The summed E-state index contributed by atoms with van der Waals surface area (Å²) in [6, 6.07) is 17.4. The number of nitrogens with one attached hydrogen (secondary N) is 1. The number of anilines is 2. The minimum absolute atomic E-state index is 0.801. The van der Waals surface area contributed by atoms with E-state index in [9.17, 15) is 0 Å². The maximum atomic E-state index is 5.44. The molecule has 2 aliphatic heterocycles. The van der Waals surface area contributed by atoms with Crippen molar-refractivity contribution >= 4 is 22.2 Å². The first-order valence-corrected chi connectivity index (χ1v) is 13.5. The highest BCUT2D eigenvalue weighted by Gasteiger charge is 2.18. The largest absolute Gasteiger partial charge is 0.497 e. The van der Waals surface area contributed by atoms with Crippen molar-refractivity contribution in [3.05, 3.63) is 70.2 Å². The van der Waals surface area contributed by atoms with Crippen molar-refractivity contribution in [1.82, 2.24) is 9.88 Å². The highest BCUT2D eigenvalue weighted by molar-refractivity contribution is 7.15. The van der Waals surface area contributed by atoms with Crippen molar-refractivity contribution in [1.29, 1.82) is 0 Å². The van der Waals surface area contributed by atoms with Crippen LogP contribution in [0, 0.1) is 0 Å². The summed E-state index contributed by atoms with van der Waals surface area (Å²) >= 11 is 1.80. The molecule has 180 valence electrons. The van der Waals surface area contributed by atoms with Crippen LogP contribution < -0.4 is 15.0 Å². The third-order valence-corrected chi connectivity index (χ3v) is 8.01. The van der Waals surface area contributed by atoms with Gasteiger partial charge >= 0.3 is 0 Å². The summed E-state index contributed by atoms with van der Waals surface area (Å²) in [5.41, 5.74) is 5.14.